The SMILES string of the molecule is CC(O)CC(C)NC(=O)COc1ccc(N)cc1. The van der Waals surface area contributed by atoms with Crippen molar-refractivity contribution in [2.24, 2.45) is 0 Å². The predicted molar refractivity (Wildman–Crippen MR) is 70.3 cm³/mol. The first-order valence-electron chi connectivity index (χ1n) is 5.93. The minimum absolute atomic E-state index is 0.0476. The van der Waals surface area contributed by atoms with Gasteiger partial charge in [0.25, 0.3) is 5.91 Å². The Hall–Kier alpha value is -1.75. The zero-order valence-electron chi connectivity index (χ0n) is 10.7. The molecular weight excluding hydrogens is 232 g/mol. The maximum absolute atomic E-state index is 11.5. The Labute approximate surface area is 107 Å². The molecule has 2 atom stereocenters. The highest BCUT2D eigenvalue weighted by Gasteiger charge is 2.10. The van der Waals surface area contributed by atoms with E-state index in [0.717, 1.165) is 0 Å². The number of ether oxygens (including phenoxy) is 1. The van der Waals surface area contributed by atoms with E-state index in [0.29, 0.717) is 17.9 Å². The van der Waals surface area contributed by atoms with E-state index in [4.69, 9.17) is 10.5 Å². The molecule has 18 heavy (non-hydrogen) atoms. The summed E-state index contributed by atoms with van der Waals surface area (Å²) in [5.74, 6) is 0.391. The van der Waals surface area contributed by atoms with E-state index in [9.17, 15) is 9.90 Å². The van der Waals surface area contributed by atoms with Crippen LogP contribution in [-0.4, -0.2) is 29.8 Å². The molecule has 0 aromatic heterocycles. The molecule has 100 valence electrons. The van der Waals surface area contributed by atoms with Crippen molar-refractivity contribution in [1.29, 1.82) is 0 Å². The third-order valence-electron chi connectivity index (χ3n) is 2.35. The maximum Gasteiger partial charge on any atom is 0.258 e. The van der Waals surface area contributed by atoms with Crippen molar-refractivity contribution in [2.45, 2.75) is 32.4 Å². The van der Waals surface area contributed by atoms with Crippen LogP contribution in [0.1, 0.15) is 20.3 Å². The van der Waals surface area contributed by atoms with Crippen molar-refractivity contribution in [3.63, 3.8) is 0 Å². The maximum atomic E-state index is 11.5. The molecule has 5 nitrogen and oxygen atoms in total. The lowest BCUT2D eigenvalue weighted by Crippen LogP contribution is -2.37. The van der Waals surface area contributed by atoms with Gasteiger partial charge in [-0.05, 0) is 44.5 Å². The Bertz CT molecular complexity index is 376. The van der Waals surface area contributed by atoms with Gasteiger partial charge in [-0.3, -0.25) is 4.79 Å². The van der Waals surface area contributed by atoms with Crippen molar-refractivity contribution >= 4 is 11.6 Å². The number of carbonyl (C=O) groups is 1. The molecule has 0 saturated heterocycles. The molecule has 0 aliphatic heterocycles. The van der Waals surface area contributed by atoms with Crippen LogP contribution in [0.5, 0.6) is 5.75 Å². The molecule has 0 spiro atoms. The Morgan fingerprint density at radius 3 is 2.56 bits per heavy atom. The van der Waals surface area contributed by atoms with Gasteiger partial charge >= 0.3 is 0 Å². The highest BCUT2D eigenvalue weighted by Crippen LogP contribution is 2.12. The molecule has 4 N–H and O–H groups in total. The molecule has 0 bridgehead atoms. The molecule has 1 aromatic carbocycles. The van der Waals surface area contributed by atoms with Gasteiger partial charge in [0, 0.05) is 11.7 Å². The van der Waals surface area contributed by atoms with Gasteiger partial charge in [-0.25, -0.2) is 0 Å². The number of nitrogen functional groups attached to an aromatic ring is 1. The number of amides is 1. The molecule has 2 unspecified atom stereocenters. The van der Waals surface area contributed by atoms with E-state index in [-0.39, 0.29) is 18.6 Å². The average Bonchev–Trinajstić information content (AvgIpc) is 2.27. The molecule has 0 radical (unpaired) electrons. The molecule has 0 aliphatic carbocycles. The number of hydrogen-bond acceptors (Lipinski definition) is 4. The molecule has 0 fully saturated rings. The fourth-order valence-corrected chi connectivity index (χ4v) is 1.60. The second-order valence-electron chi connectivity index (χ2n) is 4.41. The number of anilines is 1. The van der Waals surface area contributed by atoms with Crippen LogP contribution in [0.15, 0.2) is 24.3 Å². The van der Waals surface area contributed by atoms with E-state index in [1.54, 1.807) is 31.2 Å². The Morgan fingerprint density at radius 2 is 2.00 bits per heavy atom. The molecule has 1 aromatic rings. The van der Waals surface area contributed by atoms with Gasteiger partial charge in [0.15, 0.2) is 6.61 Å². The number of rotatable bonds is 6. The van der Waals surface area contributed by atoms with E-state index in [1.165, 1.54) is 0 Å². The summed E-state index contributed by atoms with van der Waals surface area (Å²) in [5.41, 5.74) is 6.19. The first-order valence-corrected chi connectivity index (χ1v) is 5.93. The molecule has 1 rings (SSSR count). The summed E-state index contributed by atoms with van der Waals surface area (Å²) >= 11 is 0. The first kappa shape index (κ1) is 14.3. The quantitative estimate of drug-likeness (QED) is 0.657. The third-order valence-corrected chi connectivity index (χ3v) is 2.35. The van der Waals surface area contributed by atoms with Gasteiger partial charge in [-0.2, -0.15) is 0 Å². The number of carbonyl (C=O) groups excluding carboxylic acids is 1. The second-order valence-corrected chi connectivity index (χ2v) is 4.41. The lowest BCUT2D eigenvalue weighted by molar-refractivity contribution is -0.123. The summed E-state index contributed by atoms with van der Waals surface area (Å²) in [6.45, 7) is 3.48. The Morgan fingerprint density at radius 1 is 1.39 bits per heavy atom. The first-order chi connectivity index (χ1) is 8.47. The minimum atomic E-state index is -0.432. The number of aliphatic hydroxyl groups excluding tert-OH is 1. The minimum Gasteiger partial charge on any atom is -0.484 e. The summed E-state index contributed by atoms with van der Waals surface area (Å²) in [6, 6.07) is 6.77. The summed E-state index contributed by atoms with van der Waals surface area (Å²) < 4.78 is 5.30. The normalized spacial score (nSPS) is 13.7. The van der Waals surface area contributed by atoms with Crippen molar-refractivity contribution < 1.29 is 14.6 Å². The lowest BCUT2D eigenvalue weighted by Gasteiger charge is -2.15. The number of benzene rings is 1. The number of aliphatic hydroxyl groups is 1. The van der Waals surface area contributed by atoms with Crippen molar-refractivity contribution in [3.8, 4) is 5.75 Å². The van der Waals surface area contributed by atoms with Crippen molar-refractivity contribution in [2.75, 3.05) is 12.3 Å². The van der Waals surface area contributed by atoms with Crippen LogP contribution < -0.4 is 15.8 Å². The summed E-state index contributed by atoms with van der Waals surface area (Å²) in [5, 5.41) is 11.9. The van der Waals surface area contributed by atoms with Crippen LogP contribution in [0.25, 0.3) is 0 Å². The monoisotopic (exact) mass is 252 g/mol. The highest BCUT2D eigenvalue weighted by atomic mass is 16.5. The molecule has 1 amide bonds. The second kappa shape index (κ2) is 6.86. The lowest BCUT2D eigenvalue weighted by atomic mass is 10.1. The molecule has 0 heterocycles. The number of nitrogens with two attached hydrogens (primary N) is 1. The fourth-order valence-electron chi connectivity index (χ4n) is 1.60. The van der Waals surface area contributed by atoms with Gasteiger partial charge in [-0.15, -0.1) is 0 Å². The van der Waals surface area contributed by atoms with E-state index in [1.807, 2.05) is 6.92 Å². The fraction of sp³-hybridized carbons (Fsp3) is 0.462. The zero-order chi connectivity index (χ0) is 13.5. The van der Waals surface area contributed by atoms with Crippen LogP contribution in [0.3, 0.4) is 0 Å². The standard InChI is InChI=1S/C13H20N2O3/c1-9(7-10(2)16)15-13(17)8-18-12-5-3-11(14)4-6-12/h3-6,9-10,16H,7-8,14H2,1-2H3,(H,15,17). The predicted octanol–water partition coefficient (Wildman–Crippen LogP) is 0.923. The van der Waals surface area contributed by atoms with E-state index >= 15 is 0 Å². The summed E-state index contributed by atoms with van der Waals surface area (Å²) in [7, 11) is 0. The van der Waals surface area contributed by atoms with E-state index in [2.05, 4.69) is 5.32 Å². The Kier molecular flexibility index (Phi) is 5.45. The topological polar surface area (TPSA) is 84.6 Å². The third kappa shape index (κ3) is 5.54. The van der Waals surface area contributed by atoms with Crippen LogP contribution in [-0.2, 0) is 4.79 Å². The van der Waals surface area contributed by atoms with Gasteiger partial charge < -0.3 is 20.9 Å². The molecule has 0 aliphatic rings. The smallest absolute Gasteiger partial charge is 0.258 e. The van der Waals surface area contributed by atoms with Crippen molar-refractivity contribution in [1.82, 2.24) is 5.32 Å². The molecule has 5 heteroatoms. The summed E-state index contributed by atoms with van der Waals surface area (Å²) in [6.07, 6.45) is 0.0893. The van der Waals surface area contributed by atoms with Crippen LogP contribution in [0.2, 0.25) is 0 Å². The van der Waals surface area contributed by atoms with Crippen LogP contribution in [0, 0.1) is 0 Å². The van der Waals surface area contributed by atoms with Crippen molar-refractivity contribution in [3.05, 3.63) is 24.3 Å². The number of nitrogens with one attached hydrogen (secondary N) is 1. The molecule has 0 saturated carbocycles. The highest BCUT2D eigenvalue weighted by molar-refractivity contribution is 5.77. The Balaban J connectivity index is 2.30. The van der Waals surface area contributed by atoms with Crippen LogP contribution in [0.4, 0.5) is 5.69 Å². The van der Waals surface area contributed by atoms with Gasteiger partial charge in [0.2, 0.25) is 0 Å². The molecular formula is C13H20N2O3. The largest absolute Gasteiger partial charge is 0.484 e. The van der Waals surface area contributed by atoms with E-state index < -0.39 is 6.10 Å². The average molecular weight is 252 g/mol. The van der Waals surface area contributed by atoms with Crippen LogP contribution >= 0.6 is 0 Å². The van der Waals surface area contributed by atoms with Gasteiger partial charge in [-0.1, -0.05) is 0 Å². The van der Waals surface area contributed by atoms with Gasteiger partial charge in [0.05, 0.1) is 6.10 Å². The number of hydrogen-bond donors (Lipinski definition) is 3. The summed E-state index contributed by atoms with van der Waals surface area (Å²) in [4.78, 5) is 11.5. The zero-order valence-corrected chi connectivity index (χ0v) is 10.7. The van der Waals surface area contributed by atoms with Gasteiger partial charge in [0.1, 0.15) is 5.75 Å².